The molecule has 0 radical (unpaired) electrons. The molecule has 5 nitrogen and oxygen atoms in total. The Morgan fingerprint density at radius 2 is 1.68 bits per heavy atom. The number of H-pyrrole nitrogens is 1. The lowest BCUT2D eigenvalue weighted by atomic mass is 10.0. The predicted molar refractivity (Wildman–Crippen MR) is 94.6 cm³/mol. The summed E-state index contributed by atoms with van der Waals surface area (Å²) >= 11 is 19.0. The van der Waals surface area contributed by atoms with E-state index in [-0.39, 0.29) is 21.5 Å². The van der Waals surface area contributed by atoms with Gasteiger partial charge in [0, 0.05) is 15.6 Å². The molecule has 1 aromatic heterocycles. The first kappa shape index (κ1) is 17.7. The van der Waals surface area contributed by atoms with Crippen LogP contribution in [0, 0.1) is 5.82 Å². The number of hydrogen-bond donors (Lipinski definition) is 1. The van der Waals surface area contributed by atoms with Gasteiger partial charge in [0.2, 0.25) is 0 Å². The first-order valence-corrected chi connectivity index (χ1v) is 8.13. The van der Waals surface area contributed by atoms with Crippen LogP contribution in [0.15, 0.2) is 52.2 Å². The van der Waals surface area contributed by atoms with E-state index in [9.17, 15) is 14.0 Å². The van der Waals surface area contributed by atoms with E-state index in [2.05, 4.69) is 10.1 Å². The maximum atomic E-state index is 13.1. The number of alkyl halides is 1. The molecule has 0 aliphatic rings. The molecule has 0 fully saturated rings. The van der Waals surface area contributed by atoms with Crippen LogP contribution >= 0.6 is 34.8 Å². The number of nitrogens with zero attached hydrogens (tertiary/aromatic N) is 2. The summed E-state index contributed by atoms with van der Waals surface area (Å²) in [6.45, 7) is 0. The van der Waals surface area contributed by atoms with E-state index in [1.54, 1.807) is 0 Å². The van der Waals surface area contributed by atoms with Crippen LogP contribution in [0.5, 0.6) is 0 Å². The molecule has 128 valence electrons. The number of aromatic amines is 1. The minimum atomic E-state index is -0.728. The van der Waals surface area contributed by atoms with Gasteiger partial charge < -0.3 is 0 Å². The molecule has 1 N–H and O–H groups in total. The fourth-order valence-electron chi connectivity index (χ4n) is 2.27. The Labute approximate surface area is 155 Å². The summed E-state index contributed by atoms with van der Waals surface area (Å²) in [6.07, 6.45) is 0.958. The van der Waals surface area contributed by atoms with E-state index in [0.717, 1.165) is 10.9 Å². The van der Waals surface area contributed by atoms with Crippen molar-refractivity contribution in [2.24, 2.45) is 0 Å². The van der Waals surface area contributed by atoms with Gasteiger partial charge in [0.25, 0.3) is 5.56 Å². The number of halogens is 4. The molecule has 0 amide bonds. The van der Waals surface area contributed by atoms with Gasteiger partial charge in [0.05, 0.1) is 11.1 Å². The van der Waals surface area contributed by atoms with Crippen molar-refractivity contribution in [2.75, 3.05) is 0 Å². The Morgan fingerprint density at radius 1 is 1.08 bits per heavy atom. The van der Waals surface area contributed by atoms with Crippen molar-refractivity contribution in [1.82, 2.24) is 14.8 Å². The van der Waals surface area contributed by atoms with E-state index < -0.39 is 16.6 Å². The molecule has 3 aromatic rings. The molecule has 2 aromatic carbocycles. The van der Waals surface area contributed by atoms with Gasteiger partial charge in [-0.05, 0) is 29.8 Å². The van der Waals surface area contributed by atoms with Gasteiger partial charge >= 0.3 is 5.69 Å². The van der Waals surface area contributed by atoms with E-state index in [1.165, 1.54) is 36.4 Å². The van der Waals surface area contributed by atoms with Crippen molar-refractivity contribution in [2.45, 2.75) is 5.38 Å². The van der Waals surface area contributed by atoms with Gasteiger partial charge in [-0.15, -0.1) is 11.6 Å². The van der Waals surface area contributed by atoms with Gasteiger partial charge in [0.15, 0.2) is 0 Å². The zero-order valence-electron chi connectivity index (χ0n) is 12.3. The largest absolute Gasteiger partial charge is 0.349 e. The normalized spacial score (nSPS) is 12.2. The number of rotatable bonds is 3. The number of aromatic nitrogens is 3. The number of benzene rings is 2. The smallest absolute Gasteiger partial charge is 0.271 e. The third-order valence-corrected chi connectivity index (χ3v) is 4.53. The molecule has 0 saturated carbocycles. The molecule has 0 spiro atoms. The van der Waals surface area contributed by atoms with E-state index in [0.29, 0.717) is 11.1 Å². The summed E-state index contributed by atoms with van der Waals surface area (Å²) < 4.78 is 14.0. The quantitative estimate of drug-likeness (QED) is 0.682. The topological polar surface area (TPSA) is 67.8 Å². The second-order valence-corrected chi connectivity index (χ2v) is 6.34. The van der Waals surface area contributed by atoms with Crippen LogP contribution in [0.4, 0.5) is 4.39 Å². The Kier molecular flexibility index (Phi) is 4.94. The number of nitrogens with one attached hydrogen (secondary N) is 1. The molecule has 1 atom stereocenters. The molecule has 0 saturated heterocycles. The Hall–Kier alpha value is -2.15. The average molecular weight is 401 g/mol. The summed E-state index contributed by atoms with van der Waals surface area (Å²) in [5.41, 5.74) is -0.0553. The van der Waals surface area contributed by atoms with E-state index in [4.69, 9.17) is 34.8 Å². The molecular formula is C16H9Cl3FN3O2. The van der Waals surface area contributed by atoms with Crippen LogP contribution in [-0.2, 0) is 0 Å². The van der Waals surface area contributed by atoms with Gasteiger partial charge in [-0.3, -0.25) is 9.78 Å². The van der Waals surface area contributed by atoms with Crippen molar-refractivity contribution in [3.8, 4) is 5.69 Å². The van der Waals surface area contributed by atoms with Crippen LogP contribution in [0.1, 0.15) is 16.5 Å². The highest BCUT2D eigenvalue weighted by Crippen LogP contribution is 2.39. The maximum absolute atomic E-state index is 13.1. The SMILES string of the molecule is O=c1cnn(-c2cc(Cl)c(C(Cl)c3ccc(F)cc3)c(Cl)c2)c(=O)[nH]1. The first-order valence-electron chi connectivity index (χ1n) is 6.94. The van der Waals surface area contributed by atoms with E-state index >= 15 is 0 Å². The minimum absolute atomic E-state index is 0.201. The second-order valence-electron chi connectivity index (χ2n) is 5.09. The molecule has 0 aliphatic heterocycles. The van der Waals surface area contributed by atoms with Crippen LogP contribution in [-0.4, -0.2) is 14.8 Å². The Morgan fingerprint density at radius 3 is 2.24 bits per heavy atom. The fourth-order valence-corrected chi connectivity index (χ4v) is 3.46. The zero-order valence-corrected chi connectivity index (χ0v) is 14.6. The third kappa shape index (κ3) is 3.61. The monoisotopic (exact) mass is 399 g/mol. The van der Waals surface area contributed by atoms with Crippen molar-refractivity contribution >= 4 is 34.8 Å². The highest BCUT2D eigenvalue weighted by atomic mass is 35.5. The highest BCUT2D eigenvalue weighted by molar-refractivity contribution is 6.38. The lowest BCUT2D eigenvalue weighted by Crippen LogP contribution is -2.30. The lowest BCUT2D eigenvalue weighted by Gasteiger charge is -2.15. The standard InChI is InChI=1S/C16H9Cl3FN3O2/c17-11-5-10(23-16(25)22-13(24)7-21-23)6-12(18)14(11)15(19)8-1-3-9(20)4-2-8/h1-7,15H,(H,22,24,25). The molecular weight excluding hydrogens is 392 g/mol. The van der Waals surface area contributed by atoms with Crippen LogP contribution in [0.25, 0.3) is 5.69 Å². The molecule has 0 aliphatic carbocycles. The maximum Gasteiger partial charge on any atom is 0.349 e. The average Bonchev–Trinajstić information content (AvgIpc) is 2.54. The molecule has 25 heavy (non-hydrogen) atoms. The zero-order chi connectivity index (χ0) is 18.1. The van der Waals surface area contributed by atoms with Gasteiger partial charge in [-0.25, -0.2) is 9.18 Å². The van der Waals surface area contributed by atoms with Crippen molar-refractivity contribution in [3.05, 3.63) is 90.4 Å². The third-order valence-electron chi connectivity index (χ3n) is 3.44. The van der Waals surface area contributed by atoms with Crippen LogP contribution in [0.2, 0.25) is 10.0 Å². The molecule has 3 rings (SSSR count). The highest BCUT2D eigenvalue weighted by Gasteiger charge is 2.20. The minimum Gasteiger partial charge on any atom is -0.271 e. The summed E-state index contributed by atoms with van der Waals surface area (Å²) in [4.78, 5) is 25.0. The summed E-state index contributed by atoms with van der Waals surface area (Å²) in [7, 11) is 0. The predicted octanol–water partition coefficient (Wildman–Crippen LogP) is 3.69. The lowest BCUT2D eigenvalue weighted by molar-refractivity contribution is 0.627. The summed E-state index contributed by atoms with van der Waals surface area (Å²) in [5.74, 6) is -0.385. The first-order chi connectivity index (χ1) is 11.9. The van der Waals surface area contributed by atoms with E-state index in [1.807, 2.05) is 0 Å². The van der Waals surface area contributed by atoms with Crippen molar-refractivity contribution in [1.29, 1.82) is 0 Å². The summed E-state index contributed by atoms with van der Waals surface area (Å²) in [6, 6.07) is 8.53. The Bertz CT molecular complexity index is 1020. The van der Waals surface area contributed by atoms with Gasteiger partial charge in [-0.2, -0.15) is 9.78 Å². The molecule has 1 unspecified atom stereocenters. The Balaban J connectivity index is 2.07. The fraction of sp³-hybridized carbons (Fsp3) is 0.0625. The van der Waals surface area contributed by atoms with Gasteiger partial charge in [-0.1, -0.05) is 35.3 Å². The van der Waals surface area contributed by atoms with Crippen molar-refractivity contribution < 1.29 is 4.39 Å². The summed E-state index contributed by atoms with van der Waals surface area (Å²) in [5, 5.41) is 3.43. The van der Waals surface area contributed by atoms with Crippen molar-refractivity contribution in [3.63, 3.8) is 0 Å². The molecule has 9 heteroatoms. The molecule has 0 bridgehead atoms. The molecule has 1 heterocycles. The van der Waals surface area contributed by atoms with Gasteiger partial charge in [0.1, 0.15) is 12.0 Å². The van der Waals surface area contributed by atoms with Crippen LogP contribution in [0.3, 0.4) is 0 Å². The van der Waals surface area contributed by atoms with Crippen LogP contribution < -0.4 is 11.2 Å². The number of hydrogen-bond acceptors (Lipinski definition) is 3. The second kappa shape index (κ2) is 7.00.